The Morgan fingerprint density at radius 3 is 2.51 bits per heavy atom. The number of allylic oxidation sites excluding steroid dienone is 1. The quantitative estimate of drug-likeness (QED) is 0.245. The first-order valence-electron chi connectivity index (χ1n) is 15.5. The van der Waals surface area contributed by atoms with Gasteiger partial charge in [-0.15, -0.1) is 0 Å². The molecule has 3 aliphatic carbocycles. The van der Waals surface area contributed by atoms with Gasteiger partial charge in [0.05, 0.1) is 24.2 Å². The number of fused-ring (bicyclic) bond motifs is 4. The van der Waals surface area contributed by atoms with Crippen LogP contribution in [0.5, 0.6) is 0 Å². The number of Topliss-reactive ketones (excluding diaryl/α,β-unsaturated/α-hetero) is 2. The summed E-state index contributed by atoms with van der Waals surface area (Å²) < 4.78 is 17.4. The van der Waals surface area contributed by atoms with E-state index < -0.39 is 58.6 Å². The van der Waals surface area contributed by atoms with Crippen LogP contribution in [0.25, 0.3) is 0 Å². The van der Waals surface area contributed by atoms with Crippen molar-refractivity contribution < 1.29 is 38.5 Å². The zero-order valence-corrected chi connectivity index (χ0v) is 26.4. The summed E-state index contributed by atoms with van der Waals surface area (Å²) in [6.07, 6.45) is 1.40. The van der Waals surface area contributed by atoms with Gasteiger partial charge in [0, 0.05) is 76.4 Å². The van der Waals surface area contributed by atoms with Crippen molar-refractivity contribution >= 4 is 23.5 Å². The van der Waals surface area contributed by atoms with Crippen LogP contribution < -0.4 is 0 Å². The summed E-state index contributed by atoms with van der Waals surface area (Å²) in [6.45, 7) is 10.7. The third-order valence-electron chi connectivity index (χ3n) is 10.8. The van der Waals surface area contributed by atoms with Crippen LogP contribution in [0, 0.1) is 22.7 Å². The molecule has 2 heterocycles. The van der Waals surface area contributed by atoms with Gasteiger partial charge in [-0.1, -0.05) is 13.8 Å². The molecule has 11 heteroatoms. The Morgan fingerprint density at radius 2 is 1.86 bits per heavy atom. The highest BCUT2D eigenvalue weighted by Gasteiger charge is 2.67. The molecular weight excluding hydrogens is 554 g/mol. The van der Waals surface area contributed by atoms with Gasteiger partial charge in [-0.05, 0) is 50.8 Å². The van der Waals surface area contributed by atoms with Crippen molar-refractivity contribution in [3.63, 3.8) is 0 Å². The highest BCUT2D eigenvalue weighted by molar-refractivity contribution is 6.47. The molecule has 0 aromatic carbocycles. The van der Waals surface area contributed by atoms with Gasteiger partial charge in [0.1, 0.15) is 12.2 Å². The van der Waals surface area contributed by atoms with Crippen molar-refractivity contribution in [1.82, 2.24) is 14.7 Å². The molecular formula is C32H47N3O8. The van der Waals surface area contributed by atoms with E-state index in [9.17, 15) is 24.3 Å². The second-order valence-electron chi connectivity index (χ2n) is 13.6. The topological polar surface area (TPSA) is 126 Å². The van der Waals surface area contributed by atoms with Crippen LogP contribution in [0.4, 0.5) is 0 Å². The second-order valence-corrected chi connectivity index (χ2v) is 13.6. The third kappa shape index (κ3) is 5.47. The number of nitrogens with zero attached hydrogens (tertiary/aromatic N) is 3. The van der Waals surface area contributed by atoms with Gasteiger partial charge < -0.3 is 34.0 Å². The number of carbonyl (C=O) groups is 4. The van der Waals surface area contributed by atoms with E-state index in [4.69, 9.17) is 14.2 Å². The molecule has 1 saturated carbocycles. The summed E-state index contributed by atoms with van der Waals surface area (Å²) in [7, 11) is 5.47. The predicted molar refractivity (Wildman–Crippen MR) is 157 cm³/mol. The van der Waals surface area contributed by atoms with E-state index in [1.807, 2.05) is 25.8 Å². The maximum absolute atomic E-state index is 14.2. The number of aliphatic hydroxyl groups excluding tert-OH is 1. The molecule has 0 bridgehead atoms. The maximum atomic E-state index is 14.2. The molecule has 5 rings (SSSR count). The number of ketones is 2. The minimum absolute atomic E-state index is 0.00246. The Morgan fingerprint density at radius 1 is 1.16 bits per heavy atom. The van der Waals surface area contributed by atoms with Crippen LogP contribution in [0.15, 0.2) is 22.9 Å². The first kappa shape index (κ1) is 31.8. The van der Waals surface area contributed by atoms with E-state index in [-0.39, 0.29) is 18.1 Å². The summed E-state index contributed by atoms with van der Waals surface area (Å²) in [5.41, 5.74) is -0.941. The molecule has 2 unspecified atom stereocenters. The number of cyclic esters (lactones) is 1. The average Bonchev–Trinajstić information content (AvgIpc) is 3.23. The van der Waals surface area contributed by atoms with Crippen LogP contribution >= 0.6 is 0 Å². The lowest BCUT2D eigenvalue weighted by atomic mass is 9.50. The first-order chi connectivity index (χ1) is 20.3. The minimum atomic E-state index is -1.19. The van der Waals surface area contributed by atoms with Crippen LogP contribution in [0.2, 0.25) is 0 Å². The molecule has 0 amide bonds. The molecule has 0 spiro atoms. The van der Waals surface area contributed by atoms with Crippen molar-refractivity contribution in [2.45, 2.75) is 64.8 Å². The Hall–Kier alpha value is -2.60. The molecule has 0 aromatic rings. The van der Waals surface area contributed by atoms with Gasteiger partial charge in [-0.2, -0.15) is 0 Å². The van der Waals surface area contributed by atoms with Gasteiger partial charge in [0.25, 0.3) is 0 Å². The lowest BCUT2D eigenvalue weighted by Gasteiger charge is -2.56. The van der Waals surface area contributed by atoms with E-state index >= 15 is 0 Å². The SMILES string of the molecule is COC[C@H]1OC(=O)/C(=C/N(C)CCCN2CCN(C)CC2)C2C(=O)C(=O)C3=C([C@H](OC(C)=O)C[C@@]4(C)C3CC[C@@H]4O)[C@]21C. The standard InChI is InChI=1S/C32H47N3O8/c1-19(36)42-22-16-31(2)21(8-9-23(31)37)25-27(22)32(3)24(18-41-6)43-30(40)20(26(32)29(39)28(25)38)17-34(5)10-7-11-35-14-12-33(4)13-15-35/h17,21-24,26,37H,7-16,18H2,1-6H3/b20-17+/t21?,22-,23+,24-,26?,31+,32+/m1/s1. The lowest BCUT2D eigenvalue weighted by molar-refractivity contribution is -0.175. The van der Waals surface area contributed by atoms with Gasteiger partial charge in [0.15, 0.2) is 0 Å². The average molecular weight is 602 g/mol. The summed E-state index contributed by atoms with van der Waals surface area (Å²) in [6, 6.07) is 0. The van der Waals surface area contributed by atoms with Crippen molar-refractivity contribution in [3.05, 3.63) is 22.9 Å². The second kappa shape index (κ2) is 12.1. The van der Waals surface area contributed by atoms with E-state index in [1.54, 1.807) is 6.20 Å². The van der Waals surface area contributed by atoms with Gasteiger partial charge in [-0.3, -0.25) is 14.4 Å². The Labute approximate surface area is 254 Å². The fourth-order valence-corrected chi connectivity index (χ4v) is 8.41. The number of aliphatic hydroxyl groups is 1. The number of methoxy groups -OCH3 is 1. The smallest absolute Gasteiger partial charge is 0.336 e. The molecule has 1 N–H and O–H groups in total. The first-order valence-corrected chi connectivity index (χ1v) is 15.5. The van der Waals surface area contributed by atoms with E-state index in [0.29, 0.717) is 37.0 Å². The van der Waals surface area contributed by atoms with Gasteiger partial charge in [0.2, 0.25) is 11.6 Å². The number of likely N-dealkylation sites (N-methyl/N-ethyl adjacent to an activating group) is 1. The van der Waals surface area contributed by atoms with Gasteiger partial charge >= 0.3 is 11.9 Å². The monoisotopic (exact) mass is 601 g/mol. The summed E-state index contributed by atoms with van der Waals surface area (Å²) in [4.78, 5) is 60.8. The zero-order chi connectivity index (χ0) is 31.3. The fraction of sp³-hybridized carbons (Fsp3) is 0.750. The lowest BCUT2D eigenvalue weighted by Crippen LogP contribution is -2.63. The largest absolute Gasteiger partial charge is 0.458 e. The highest BCUT2D eigenvalue weighted by atomic mass is 16.6. The molecule has 0 radical (unpaired) electrons. The molecule has 43 heavy (non-hydrogen) atoms. The summed E-state index contributed by atoms with van der Waals surface area (Å²) >= 11 is 0. The molecule has 0 aromatic heterocycles. The van der Waals surface area contributed by atoms with E-state index in [0.717, 1.165) is 39.1 Å². The summed E-state index contributed by atoms with van der Waals surface area (Å²) in [5, 5.41) is 11.0. The summed E-state index contributed by atoms with van der Waals surface area (Å²) in [5.74, 6) is -3.99. The molecule has 2 saturated heterocycles. The van der Waals surface area contributed by atoms with Crippen LogP contribution in [0.1, 0.15) is 46.5 Å². The predicted octanol–water partition coefficient (Wildman–Crippen LogP) is 1.19. The van der Waals surface area contributed by atoms with E-state index in [2.05, 4.69) is 16.8 Å². The Bertz CT molecular complexity index is 1220. The zero-order valence-electron chi connectivity index (χ0n) is 26.4. The molecule has 238 valence electrons. The molecule has 3 fully saturated rings. The number of carbonyl (C=O) groups excluding carboxylic acids is 4. The maximum Gasteiger partial charge on any atom is 0.336 e. The number of rotatable bonds is 8. The number of hydrogen-bond donors (Lipinski definition) is 1. The number of ether oxygens (including phenoxy) is 3. The number of esters is 2. The van der Waals surface area contributed by atoms with Crippen LogP contribution in [0.3, 0.4) is 0 Å². The van der Waals surface area contributed by atoms with Crippen LogP contribution in [-0.4, -0.2) is 129 Å². The molecule has 2 aliphatic heterocycles. The third-order valence-corrected chi connectivity index (χ3v) is 10.8. The minimum Gasteiger partial charge on any atom is -0.458 e. The van der Waals surface area contributed by atoms with Crippen molar-refractivity contribution in [2.24, 2.45) is 22.7 Å². The van der Waals surface area contributed by atoms with Crippen LogP contribution in [-0.2, 0) is 33.4 Å². The van der Waals surface area contributed by atoms with Crippen molar-refractivity contribution in [1.29, 1.82) is 0 Å². The fourth-order valence-electron chi connectivity index (χ4n) is 8.41. The number of piperazine rings is 1. The normalized spacial score (nSPS) is 37.6. The Kier molecular flexibility index (Phi) is 8.92. The molecule has 5 aliphatic rings. The van der Waals surface area contributed by atoms with Crippen molar-refractivity contribution in [2.75, 3.05) is 67.1 Å². The van der Waals surface area contributed by atoms with Crippen molar-refractivity contribution in [3.8, 4) is 0 Å². The highest BCUT2D eigenvalue weighted by Crippen LogP contribution is 2.63. The Balaban J connectivity index is 1.53. The van der Waals surface area contributed by atoms with Gasteiger partial charge in [-0.25, -0.2) is 4.79 Å². The number of hydrogen-bond acceptors (Lipinski definition) is 11. The van der Waals surface area contributed by atoms with E-state index in [1.165, 1.54) is 14.0 Å². The molecule has 7 atom stereocenters. The molecule has 11 nitrogen and oxygen atoms in total.